The third-order valence-corrected chi connectivity index (χ3v) is 8.46. The van der Waals surface area contributed by atoms with Gasteiger partial charge in [-0.2, -0.15) is 10.2 Å². The minimum absolute atomic E-state index is 0.0411. The second kappa shape index (κ2) is 15.1. The van der Waals surface area contributed by atoms with Gasteiger partial charge in [0, 0.05) is 37.7 Å². The van der Waals surface area contributed by atoms with Gasteiger partial charge in [-0.05, 0) is 56.2 Å². The number of hydrogen-bond acceptors (Lipinski definition) is 10. The number of carbonyl (C=O) groups excluding carboxylic acids is 1. The van der Waals surface area contributed by atoms with Crippen molar-refractivity contribution in [3.8, 4) is 17.6 Å². The summed E-state index contributed by atoms with van der Waals surface area (Å²) in [4.78, 5) is 24.9. The van der Waals surface area contributed by atoms with Gasteiger partial charge in [0.25, 0.3) is 0 Å². The van der Waals surface area contributed by atoms with Crippen molar-refractivity contribution in [1.82, 2.24) is 14.9 Å². The van der Waals surface area contributed by atoms with Crippen molar-refractivity contribution < 1.29 is 27.4 Å². The van der Waals surface area contributed by atoms with Gasteiger partial charge < -0.3 is 24.0 Å². The van der Waals surface area contributed by atoms with Crippen molar-refractivity contribution in [3.05, 3.63) is 69.9 Å². The number of nitriles is 1. The Labute approximate surface area is 292 Å². The molecule has 1 aromatic heterocycles. The molecule has 258 valence electrons. The van der Waals surface area contributed by atoms with Crippen LogP contribution in [0.25, 0.3) is 0 Å². The van der Waals surface area contributed by atoms with Gasteiger partial charge in [-0.1, -0.05) is 37.6 Å². The van der Waals surface area contributed by atoms with Gasteiger partial charge in [-0.15, -0.1) is 11.6 Å². The lowest BCUT2D eigenvalue weighted by molar-refractivity contribution is 0.0240. The van der Waals surface area contributed by atoms with Crippen LogP contribution < -0.4 is 19.1 Å². The van der Waals surface area contributed by atoms with Gasteiger partial charge in [-0.25, -0.2) is 18.2 Å². The van der Waals surface area contributed by atoms with E-state index in [1.807, 2.05) is 63.8 Å². The first-order valence-corrected chi connectivity index (χ1v) is 18.0. The fourth-order valence-electron chi connectivity index (χ4n) is 4.99. The number of amides is 1. The number of ether oxygens (including phenoxy) is 3. The Morgan fingerprint density at radius 3 is 2.25 bits per heavy atom. The van der Waals surface area contributed by atoms with Crippen molar-refractivity contribution >= 4 is 51.1 Å². The normalized spacial score (nSPS) is 13.9. The quantitative estimate of drug-likeness (QED) is 0.236. The summed E-state index contributed by atoms with van der Waals surface area (Å²) in [6.45, 7) is 11.6. The zero-order valence-corrected chi connectivity index (χ0v) is 30.2. The molecule has 2 heterocycles. The molecule has 1 saturated heterocycles. The van der Waals surface area contributed by atoms with Crippen LogP contribution in [0.5, 0.6) is 11.5 Å². The first kappa shape index (κ1) is 36.8. The molecule has 0 spiro atoms. The van der Waals surface area contributed by atoms with Crippen LogP contribution in [0.4, 0.5) is 16.6 Å². The number of sulfonamides is 1. The molecule has 1 N–H and O–H groups in total. The molecule has 1 amide bonds. The maximum atomic E-state index is 12.5. The Balaban J connectivity index is 1.49. The van der Waals surface area contributed by atoms with Crippen LogP contribution in [0.3, 0.4) is 0 Å². The third-order valence-electron chi connectivity index (χ3n) is 7.47. The monoisotopic (exact) mass is 718 g/mol. The molecule has 48 heavy (non-hydrogen) atoms. The van der Waals surface area contributed by atoms with Crippen molar-refractivity contribution in [2.24, 2.45) is 0 Å². The lowest BCUT2D eigenvalue weighted by Gasteiger charge is -2.36. The average molecular weight is 720 g/mol. The van der Waals surface area contributed by atoms with E-state index in [4.69, 9.17) is 37.4 Å². The van der Waals surface area contributed by atoms with Crippen molar-refractivity contribution in [3.63, 3.8) is 0 Å². The lowest BCUT2D eigenvalue weighted by Crippen LogP contribution is -2.50. The highest BCUT2D eigenvalue weighted by molar-refractivity contribution is 7.92. The summed E-state index contributed by atoms with van der Waals surface area (Å²) in [6, 6.07) is 15.0. The first-order valence-electron chi connectivity index (χ1n) is 15.2. The molecular formula is C33H40Cl2N6O6S. The second-order valence-electron chi connectivity index (χ2n) is 12.8. The van der Waals surface area contributed by atoms with Crippen molar-refractivity contribution in [2.45, 2.75) is 52.2 Å². The molecule has 4 rings (SSSR count). The molecule has 2 aromatic carbocycles. The van der Waals surface area contributed by atoms with E-state index in [1.54, 1.807) is 23.1 Å². The highest BCUT2D eigenvalue weighted by Gasteiger charge is 2.28. The molecular weight excluding hydrogens is 679 g/mol. The van der Waals surface area contributed by atoms with E-state index in [0.29, 0.717) is 59.8 Å². The Bertz CT molecular complexity index is 1770. The van der Waals surface area contributed by atoms with Gasteiger partial charge in [0.05, 0.1) is 28.4 Å². The molecule has 0 bridgehead atoms. The zero-order valence-electron chi connectivity index (χ0n) is 27.8. The summed E-state index contributed by atoms with van der Waals surface area (Å²) in [5.74, 6) is 1.59. The summed E-state index contributed by atoms with van der Waals surface area (Å²) in [5, 5.41) is 10.1. The summed E-state index contributed by atoms with van der Waals surface area (Å²) in [6.07, 6.45) is 0.648. The maximum Gasteiger partial charge on any atom is 0.410 e. The number of nitrogens with one attached hydrogen (secondary N) is 1. The summed E-state index contributed by atoms with van der Waals surface area (Å²) >= 11 is 12.2. The summed E-state index contributed by atoms with van der Waals surface area (Å²) in [7, 11) is -3.64. The number of rotatable bonds is 11. The molecule has 3 aromatic rings. The average Bonchev–Trinajstić information content (AvgIpc) is 3.01. The topological polar surface area (TPSA) is 147 Å². The van der Waals surface area contributed by atoms with E-state index in [9.17, 15) is 18.5 Å². The van der Waals surface area contributed by atoms with E-state index in [0.717, 1.165) is 17.4 Å². The first-order chi connectivity index (χ1) is 22.5. The number of alkyl halides is 1. The number of carbonyl (C=O) groups is 1. The molecule has 1 aliphatic rings. The highest BCUT2D eigenvalue weighted by Crippen LogP contribution is 2.38. The summed E-state index contributed by atoms with van der Waals surface area (Å²) in [5.41, 5.74) is 1.47. The maximum absolute atomic E-state index is 12.5. The van der Waals surface area contributed by atoms with Gasteiger partial charge in [0.2, 0.25) is 16.0 Å². The van der Waals surface area contributed by atoms with Crippen molar-refractivity contribution in [1.29, 1.82) is 5.26 Å². The standard InChI is InChI=1S/C33H40Cl2N6O6S/c1-32(2,3)47-31(42)41-14-12-40(13-15-41)28-19-25(37-30(38-28)39-48(6,43)44)21-46-26-9-7-23(8-10-26)33(4,5)24-17-22(20-36)29(27(35)18-24)45-16-11-34/h7-10,17-19H,11-16,21H2,1-6H3,(H,37,38,39). The van der Waals surface area contributed by atoms with Gasteiger partial charge in [0.1, 0.15) is 36.5 Å². The van der Waals surface area contributed by atoms with Crippen LogP contribution in [-0.2, 0) is 26.8 Å². The van der Waals surface area contributed by atoms with E-state index in [2.05, 4.69) is 20.8 Å². The van der Waals surface area contributed by atoms with Crippen molar-refractivity contribution in [2.75, 3.05) is 54.5 Å². The molecule has 0 radical (unpaired) electrons. The fourth-order valence-corrected chi connectivity index (χ4v) is 5.77. The third kappa shape index (κ3) is 9.78. The smallest absolute Gasteiger partial charge is 0.410 e. The van der Waals surface area contributed by atoms with E-state index < -0.39 is 21.0 Å². The number of hydrogen-bond donors (Lipinski definition) is 1. The van der Waals surface area contributed by atoms with Crippen LogP contribution >= 0.6 is 23.2 Å². The largest absolute Gasteiger partial charge is 0.489 e. The molecule has 1 fully saturated rings. The Morgan fingerprint density at radius 2 is 1.67 bits per heavy atom. The van der Waals surface area contributed by atoms with Crippen LogP contribution in [0, 0.1) is 11.3 Å². The van der Waals surface area contributed by atoms with Crippen LogP contribution in [0.15, 0.2) is 42.5 Å². The Hall–Kier alpha value is -3.99. The van der Waals surface area contributed by atoms with Crippen LogP contribution in [0.2, 0.25) is 5.02 Å². The SMILES string of the molecule is CC(C)(C)OC(=O)N1CCN(c2cc(COc3ccc(C(C)(C)c4cc(Cl)c(OCCCl)c(C#N)c4)cc3)nc(NS(C)(=O)=O)n2)CC1. The van der Waals surface area contributed by atoms with Crippen LogP contribution in [-0.4, -0.2) is 79.9 Å². The molecule has 15 heteroatoms. The minimum atomic E-state index is -3.64. The van der Waals surface area contributed by atoms with E-state index >= 15 is 0 Å². The summed E-state index contributed by atoms with van der Waals surface area (Å²) < 4.78 is 43.5. The highest BCUT2D eigenvalue weighted by atomic mass is 35.5. The number of piperazine rings is 1. The Morgan fingerprint density at radius 1 is 1.00 bits per heavy atom. The Kier molecular flexibility index (Phi) is 11.6. The lowest BCUT2D eigenvalue weighted by atomic mass is 9.77. The minimum Gasteiger partial charge on any atom is -0.489 e. The van der Waals surface area contributed by atoms with Gasteiger partial charge >= 0.3 is 6.09 Å². The molecule has 12 nitrogen and oxygen atoms in total. The molecule has 0 aliphatic carbocycles. The van der Waals surface area contributed by atoms with Crippen LogP contribution in [0.1, 0.15) is 57.0 Å². The van der Waals surface area contributed by atoms with Gasteiger partial charge in [-0.3, -0.25) is 4.72 Å². The molecule has 1 aliphatic heterocycles. The zero-order chi connectivity index (χ0) is 35.3. The number of benzene rings is 2. The van der Waals surface area contributed by atoms with E-state index in [1.165, 1.54) is 0 Å². The number of anilines is 2. The molecule has 0 saturated carbocycles. The van der Waals surface area contributed by atoms with E-state index in [-0.39, 0.29) is 31.1 Å². The number of aromatic nitrogens is 2. The number of nitrogens with zero attached hydrogens (tertiary/aromatic N) is 5. The predicted octanol–water partition coefficient (Wildman–Crippen LogP) is 5.95. The molecule has 0 atom stereocenters. The predicted molar refractivity (Wildman–Crippen MR) is 186 cm³/mol. The molecule has 0 unspecified atom stereocenters. The van der Waals surface area contributed by atoms with Gasteiger partial charge in [0.15, 0.2) is 5.75 Å². The fraction of sp³-hybridized carbons (Fsp3) is 0.455. The second-order valence-corrected chi connectivity index (χ2v) is 15.3. The number of halogens is 2.